The number of hydrogen-bond donors (Lipinski definition) is 1. The van der Waals surface area contributed by atoms with Gasteiger partial charge in [-0.2, -0.15) is 18.4 Å². The molecule has 0 bridgehead atoms. The Balaban J connectivity index is 2.11. The largest absolute Gasteiger partial charge is 0.417 e. The molecule has 1 atom stereocenters. The number of benzene rings is 1. The van der Waals surface area contributed by atoms with Crippen molar-refractivity contribution in [1.82, 2.24) is 4.90 Å². The molecule has 1 aliphatic heterocycles. The van der Waals surface area contributed by atoms with Crippen molar-refractivity contribution in [2.24, 2.45) is 5.92 Å². The van der Waals surface area contributed by atoms with Crippen molar-refractivity contribution in [3.05, 3.63) is 29.3 Å². The molecule has 4 nitrogen and oxygen atoms in total. The molecule has 0 amide bonds. The summed E-state index contributed by atoms with van der Waals surface area (Å²) in [5.74, 6) is 0.357. The zero-order valence-corrected chi connectivity index (χ0v) is 13.9. The van der Waals surface area contributed by atoms with Crippen LogP contribution in [0.4, 0.5) is 18.9 Å². The number of anilines is 1. The molecular formula is C17H22F3N3O. The molecule has 0 radical (unpaired) electrons. The Morgan fingerprint density at radius 1 is 1.29 bits per heavy atom. The SMILES string of the molecule is CC(C)C(CNc1ccc(C#N)c(C(F)(F)F)c1)N1CCOCC1. The molecule has 1 aromatic rings. The van der Waals surface area contributed by atoms with Gasteiger partial charge in [-0.3, -0.25) is 4.90 Å². The molecule has 1 unspecified atom stereocenters. The lowest BCUT2D eigenvalue weighted by Crippen LogP contribution is -2.49. The van der Waals surface area contributed by atoms with Crippen LogP contribution >= 0.6 is 0 Å². The molecule has 7 heteroatoms. The molecule has 0 aliphatic carbocycles. The Kier molecular flexibility index (Phi) is 6.08. The predicted octanol–water partition coefficient (Wildman–Crippen LogP) is 3.35. The highest BCUT2D eigenvalue weighted by molar-refractivity contribution is 5.53. The molecule has 0 saturated carbocycles. The van der Waals surface area contributed by atoms with Gasteiger partial charge in [0.15, 0.2) is 0 Å². The van der Waals surface area contributed by atoms with Gasteiger partial charge in [-0.25, -0.2) is 0 Å². The van der Waals surface area contributed by atoms with E-state index in [1.165, 1.54) is 12.1 Å². The third kappa shape index (κ3) is 4.62. The van der Waals surface area contributed by atoms with Crippen molar-refractivity contribution in [3.8, 4) is 6.07 Å². The second kappa shape index (κ2) is 7.86. The molecular weight excluding hydrogens is 319 g/mol. The van der Waals surface area contributed by atoms with Crippen LogP contribution in [0.3, 0.4) is 0 Å². The first kappa shape index (κ1) is 18.6. The molecule has 1 saturated heterocycles. The molecule has 1 aliphatic rings. The van der Waals surface area contributed by atoms with Crippen LogP contribution in [0.1, 0.15) is 25.0 Å². The van der Waals surface area contributed by atoms with Crippen LogP contribution in [0, 0.1) is 17.2 Å². The van der Waals surface area contributed by atoms with E-state index in [0.29, 0.717) is 31.4 Å². The maximum Gasteiger partial charge on any atom is 0.417 e. The van der Waals surface area contributed by atoms with Gasteiger partial charge in [0, 0.05) is 31.4 Å². The number of ether oxygens (including phenoxy) is 1. The topological polar surface area (TPSA) is 48.3 Å². The number of hydrogen-bond acceptors (Lipinski definition) is 4. The van der Waals surface area contributed by atoms with Crippen molar-refractivity contribution in [2.75, 3.05) is 38.2 Å². The number of halogens is 3. The van der Waals surface area contributed by atoms with Crippen molar-refractivity contribution in [3.63, 3.8) is 0 Å². The Morgan fingerprint density at radius 2 is 1.96 bits per heavy atom. The summed E-state index contributed by atoms with van der Waals surface area (Å²) in [6.45, 7) is 7.75. The van der Waals surface area contributed by atoms with E-state index in [-0.39, 0.29) is 11.6 Å². The lowest BCUT2D eigenvalue weighted by atomic mass is 10.0. The van der Waals surface area contributed by atoms with Gasteiger partial charge in [-0.15, -0.1) is 0 Å². The van der Waals surface area contributed by atoms with Gasteiger partial charge < -0.3 is 10.1 Å². The minimum absolute atomic E-state index is 0.207. The van der Waals surface area contributed by atoms with Crippen LogP contribution in [0.2, 0.25) is 0 Å². The first-order chi connectivity index (χ1) is 11.3. The maximum atomic E-state index is 13.0. The zero-order valence-electron chi connectivity index (χ0n) is 13.9. The Bertz CT molecular complexity index is 590. The van der Waals surface area contributed by atoms with Crippen molar-refractivity contribution >= 4 is 5.69 Å². The van der Waals surface area contributed by atoms with Crippen molar-refractivity contribution in [1.29, 1.82) is 5.26 Å². The summed E-state index contributed by atoms with van der Waals surface area (Å²) in [7, 11) is 0. The summed E-state index contributed by atoms with van der Waals surface area (Å²) in [4.78, 5) is 2.30. The van der Waals surface area contributed by atoms with Crippen molar-refractivity contribution in [2.45, 2.75) is 26.1 Å². The molecule has 0 spiro atoms. The second-order valence-electron chi connectivity index (χ2n) is 6.21. The highest BCUT2D eigenvalue weighted by Crippen LogP contribution is 2.33. The van der Waals surface area contributed by atoms with Crippen LogP contribution in [0.25, 0.3) is 0 Å². The number of rotatable bonds is 5. The fourth-order valence-electron chi connectivity index (χ4n) is 2.90. The van der Waals surface area contributed by atoms with Gasteiger partial charge in [0.05, 0.1) is 30.4 Å². The van der Waals surface area contributed by atoms with E-state index >= 15 is 0 Å². The number of nitriles is 1. The van der Waals surface area contributed by atoms with Crippen LogP contribution in [0.15, 0.2) is 18.2 Å². The number of alkyl halides is 3. The summed E-state index contributed by atoms with van der Waals surface area (Å²) < 4.78 is 44.5. The van der Waals surface area contributed by atoms with Gasteiger partial charge in [0.25, 0.3) is 0 Å². The monoisotopic (exact) mass is 341 g/mol. The first-order valence-electron chi connectivity index (χ1n) is 8.00. The molecule has 1 N–H and O–H groups in total. The van der Waals surface area contributed by atoms with E-state index in [1.807, 2.05) is 0 Å². The summed E-state index contributed by atoms with van der Waals surface area (Å²) in [5.41, 5.74) is -0.885. The number of nitrogens with zero attached hydrogens (tertiary/aromatic N) is 2. The molecule has 1 aromatic carbocycles. The minimum Gasteiger partial charge on any atom is -0.383 e. The normalized spacial score (nSPS) is 17.5. The Morgan fingerprint density at radius 3 is 2.50 bits per heavy atom. The first-order valence-corrected chi connectivity index (χ1v) is 8.00. The average molecular weight is 341 g/mol. The van der Waals surface area contributed by atoms with Gasteiger partial charge in [0.2, 0.25) is 0 Å². The second-order valence-corrected chi connectivity index (χ2v) is 6.21. The molecule has 24 heavy (non-hydrogen) atoms. The lowest BCUT2D eigenvalue weighted by molar-refractivity contribution is -0.137. The summed E-state index contributed by atoms with van der Waals surface area (Å²) in [6.07, 6.45) is -4.54. The molecule has 1 heterocycles. The quantitative estimate of drug-likeness (QED) is 0.892. The number of morpholine rings is 1. The predicted molar refractivity (Wildman–Crippen MR) is 85.7 cm³/mol. The van der Waals surface area contributed by atoms with Crippen LogP contribution in [-0.4, -0.2) is 43.8 Å². The lowest BCUT2D eigenvalue weighted by Gasteiger charge is -2.37. The van der Waals surface area contributed by atoms with Gasteiger partial charge in [0.1, 0.15) is 0 Å². The fraction of sp³-hybridized carbons (Fsp3) is 0.588. The summed E-state index contributed by atoms with van der Waals surface area (Å²) in [6, 6.07) is 5.54. The third-order valence-corrected chi connectivity index (χ3v) is 4.24. The fourth-order valence-corrected chi connectivity index (χ4v) is 2.90. The van der Waals surface area contributed by atoms with Gasteiger partial charge >= 0.3 is 6.18 Å². The highest BCUT2D eigenvalue weighted by Gasteiger charge is 2.34. The minimum atomic E-state index is -4.54. The summed E-state index contributed by atoms with van der Waals surface area (Å²) >= 11 is 0. The van der Waals surface area contributed by atoms with E-state index in [0.717, 1.165) is 19.2 Å². The van der Waals surface area contributed by atoms with Crippen LogP contribution in [0.5, 0.6) is 0 Å². The molecule has 1 fully saturated rings. The zero-order chi connectivity index (χ0) is 17.7. The highest BCUT2D eigenvalue weighted by atomic mass is 19.4. The standard InChI is InChI=1S/C17H22F3N3O/c1-12(2)16(23-5-7-24-8-6-23)11-22-14-4-3-13(10-21)15(9-14)17(18,19)20/h3-4,9,12,16,22H,5-8,11H2,1-2H3. The van der Waals surface area contributed by atoms with E-state index in [2.05, 4.69) is 24.1 Å². The van der Waals surface area contributed by atoms with Gasteiger partial charge in [-0.1, -0.05) is 13.8 Å². The van der Waals surface area contributed by atoms with Crippen LogP contribution < -0.4 is 5.32 Å². The molecule has 0 aromatic heterocycles. The molecule has 2 rings (SSSR count). The smallest absolute Gasteiger partial charge is 0.383 e. The Labute approximate surface area is 140 Å². The number of nitrogens with one attached hydrogen (secondary N) is 1. The molecule has 132 valence electrons. The van der Waals surface area contributed by atoms with E-state index in [9.17, 15) is 13.2 Å². The Hall–Kier alpha value is -1.78. The van der Waals surface area contributed by atoms with Crippen LogP contribution in [-0.2, 0) is 10.9 Å². The van der Waals surface area contributed by atoms with E-state index < -0.39 is 11.7 Å². The van der Waals surface area contributed by atoms with E-state index in [1.54, 1.807) is 6.07 Å². The third-order valence-electron chi connectivity index (χ3n) is 4.24. The summed E-state index contributed by atoms with van der Waals surface area (Å²) in [5, 5.41) is 11.9. The maximum absolute atomic E-state index is 13.0. The van der Waals surface area contributed by atoms with Gasteiger partial charge in [-0.05, 0) is 24.1 Å². The van der Waals surface area contributed by atoms with E-state index in [4.69, 9.17) is 10.00 Å². The average Bonchev–Trinajstić information content (AvgIpc) is 2.54. The van der Waals surface area contributed by atoms with Crippen molar-refractivity contribution < 1.29 is 17.9 Å².